The lowest BCUT2D eigenvalue weighted by molar-refractivity contribution is -0.124. The molecule has 6 heteroatoms. The molecule has 1 aliphatic rings. The number of primary amides is 1. The zero-order valence-corrected chi connectivity index (χ0v) is 13.0. The summed E-state index contributed by atoms with van der Waals surface area (Å²) in [6.07, 6.45) is 4.69. The van der Waals surface area contributed by atoms with Crippen molar-refractivity contribution in [3.8, 4) is 0 Å². The average molecular weight is 294 g/mol. The minimum absolute atomic E-state index is 0.209. The third kappa shape index (κ3) is 4.18. The Morgan fingerprint density at radius 1 is 1.65 bits per heavy atom. The zero-order chi connectivity index (χ0) is 14.8. The van der Waals surface area contributed by atoms with E-state index in [1.54, 1.807) is 18.0 Å². The van der Waals surface area contributed by atoms with Crippen molar-refractivity contribution in [3.05, 3.63) is 18.0 Å². The van der Waals surface area contributed by atoms with Crippen LogP contribution in [0, 0.1) is 6.92 Å². The Morgan fingerprint density at radius 2 is 2.35 bits per heavy atom. The van der Waals surface area contributed by atoms with Gasteiger partial charge in [-0.15, -0.1) is 0 Å². The van der Waals surface area contributed by atoms with Gasteiger partial charge in [0, 0.05) is 23.2 Å². The quantitative estimate of drug-likeness (QED) is 0.590. The van der Waals surface area contributed by atoms with Gasteiger partial charge in [-0.05, 0) is 39.2 Å². The van der Waals surface area contributed by atoms with E-state index >= 15 is 0 Å². The van der Waals surface area contributed by atoms with Crippen LogP contribution in [0.4, 0.5) is 0 Å². The lowest BCUT2D eigenvalue weighted by Gasteiger charge is -2.30. The van der Waals surface area contributed by atoms with E-state index in [4.69, 9.17) is 5.73 Å². The fourth-order valence-electron chi connectivity index (χ4n) is 2.19. The van der Waals surface area contributed by atoms with Crippen LogP contribution in [0.3, 0.4) is 0 Å². The summed E-state index contributed by atoms with van der Waals surface area (Å²) >= 11 is 1.58. The Labute approximate surface area is 124 Å². The van der Waals surface area contributed by atoms with E-state index in [0.29, 0.717) is 12.5 Å². The van der Waals surface area contributed by atoms with E-state index in [1.165, 1.54) is 0 Å². The Morgan fingerprint density at radius 3 is 2.90 bits per heavy atom. The normalized spacial score (nSPS) is 19.4. The number of rotatable bonds is 7. The molecule has 1 heterocycles. The molecule has 0 spiro atoms. The highest BCUT2D eigenvalue weighted by Gasteiger charge is 2.38. The molecule has 1 aromatic rings. The van der Waals surface area contributed by atoms with Crippen LogP contribution in [0.25, 0.3) is 0 Å². The number of thioether (sulfide) groups is 1. The molecule has 110 valence electrons. The number of nitrogens with zero attached hydrogens (tertiary/aromatic N) is 2. The Bertz CT molecular complexity index is 492. The lowest BCUT2D eigenvalue weighted by atomic mass is 9.95. The molecule has 1 aromatic heterocycles. The van der Waals surface area contributed by atoms with Crippen molar-refractivity contribution in [1.29, 1.82) is 0 Å². The first-order valence-electron chi connectivity index (χ1n) is 6.93. The predicted molar refractivity (Wildman–Crippen MR) is 80.5 cm³/mol. The lowest BCUT2D eigenvalue weighted by Crippen LogP contribution is -2.55. The van der Waals surface area contributed by atoms with Gasteiger partial charge in [-0.1, -0.05) is 18.7 Å². The third-order valence-electron chi connectivity index (χ3n) is 3.42. The maximum atomic E-state index is 11.7. The molecule has 0 bridgehead atoms. The van der Waals surface area contributed by atoms with Crippen molar-refractivity contribution < 1.29 is 4.79 Å². The summed E-state index contributed by atoms with van der Waals surface area (Å²) in [4.78, 5) is 20.4. The molecule has 2 rings (SSSR count). The van der Waals surface area contributed by atoms with Gasteiger partial charge in [0.05, 0.1) is 5.54 Å². The molecule has 0 radical (unpaired) electrons. The Hall–Kier alpha value is -1.14. The number of hydrogen-bond acceptors (Lipinski definition) is 5. The van der Waals surface area contributed by atoms with E-state index in [0.717, 1.165) is 23.7 Å². The molecule has 0 aromatic carbocycles. The van der Waals surface area contributed by atoms with Gasteiger partial charge in [-0.3, -0.25) is 4.79 Å². The number of amides is 1. The summed E-state index contributed by atoms with van der Waals surface area (Å²) in [5, 5.41) is 4.32. The van der Waals surface area contributed by atoms with Gasteiger partial charge in [0.2, 0.25) is 5.91 Å². The molecule has 1 amide bonds. The van der Waals surface area contributed by atoms with Crippen LogP contribution in [0.15, 0.2) is 17.4 Å². The van der Waals surface area contributed by atoms with Gasteiger partial charge in [-0.25, -0.2) is 9.97 Å². The molecule has 1 saturated carbocycles. The maximum Gasteiger partial charge on any atom is 0.237 e. The molecule has 0 saturated heterocycles. The highest BCUT2D eigenvalue weighted by atomic mass is 32.2. The minimum atomic E-state index is -0.655. The summed E-state index contributed by atoms with van der Waals surface area (Å²) in [6, 6.07) is 2.32. The summed E-state index contributed by atoms with van der Waals surface area (Å²) < 4.78 is 0. The second-order valence-electron chi connectivity index (χ2n) is 5.73. The monoisotopic (exact) mass is 294 g/mol. The van der Waals surface area contributed by atoms with Crippen molar-refractivity contribution in [2.75, 3.05) is 0 Å². The van der Waals surface area contributed by atoms with Crippen molar-refractivity contribution >= 4 is 17.7 Å². The molecule has 2 unspecified atom stereocenters. The molecule has 20 heavy (non-hydrogen) atoms. The summed E-state index contributed by atoms with van der Waals surface area (Å²) in [5.74, 6) is -0.290. The molecular weight excluding hydrogens is 272 g/mol. The predicted octanol–water partition coefficient (Wildman–Crippen LogP) is 1.65. The Kier molecular flexibility index (Phi) is 4.65. The number of carbonyl (C=O) groups is 1. The van der Waals surface area contributed by atoms with Crippen LogP contribution in [0.5, 0.6) is 0 Å². The van der Waals surface area contributed by atoms with E-state index < -0.39 is 5.54 Å². The standard InChI is InChI=1S/C14H22N4OS/c1-9-6-7-16-13(17-9)20-10(2)8-14(3,12(15)19)18-11-4-5-11/h6-7,10-11,18H,4-5,8H2,1-3H3,(H2,15,19). The SMILES string of the molecule is Cc1ccnc(SC(C)CC(C)(NC2CC2)C(N)=O)n1. The molecule has 5 nitrogen and oxygen atoms in total. The van der Waals surface area contributed by atoms with Gasteiger partial charge < -0.3 is 11.1 Å². The minimum Gasteiger partial charge on any atom is -0.368 e. The number of aryl methyl sites for hydroxylation is 1. The van der Waals surface area contributed by atoms with Crippen LogP contribution in [-0.4, -0.2) is 32.7 Å². The fourth-order valence-corrected chi connectivity index (χ4v) is 3.28. The van der Waals surface area contributed by atoms with Crippen LogP contribution in [0.1, 0.15) is 38.8 Å². The molecule has 3 N–H and O–H groups in total. The molecule has 0 aliphatic heterocycles. The van der Waals surface area contributed by atoms with Crippen molar-refractivity contribution in [3.63, 3.8) is 0 Å². The number of hydrogen-bond donors (Lipinski definition) is 2. The van der Waals surface area contributed by atoms with Crippen molar-refractivity contribution in [2.24, 2.45) is 5.73 Å². The maximum absolute atomic E-state index is 11.7. The summed E-state index contributed by atoms with van der Waals surface area (Å²) in [7, 11) is 0. The fraction of sp³-hybridized carbons (Fsp3) is 0.643. The molecule has 1 aliphatic carbocycles. The van der Waals surface area contributed by atoms with E-state index in [9.17, 15) is 4.79 Å². The van der Waals surface area contributed by atoms with Crippen LogP contribution in [0.2, 0.25) is 0 Å². The van der Waals surface area contributed by atoms with Crippen LogP contribution < -0.4 is 11.1 Å². The number of nitrogens with two attached hydrogens (primary N) is 1. The Balaban J connectivity index is 1.97. The van der Waals surface area contributed by atoms with E-state index in [1.807, 2.05) is 19.9 Å². The topological polar surface area (TPSA) is 80.9 Å². The van der Waals surface area contributed by atoms with Gasteiger partial charge in [0.25, 0.3) is 0 Å². The van der Waals surface area contributed by atoms with Gasteiger partial charge in [0.1, 0.15) is 0 Å². The molecule has 2 atom stereocenters. The number of nitrogens with one attached hydrogen (secondary N) is 1. The average Bonchev–Trinajstić information content (AvgIpc) is 3.12. The zero-order valence-electron chi connectivity index (χ0n) is 12.2. The van der Waals surface area contributed by atoms with Crippen LogP contribution >= 0.6 is 11.8 Å². The number of aromatic nitrogens is 2. The number of carbonyl (C=O) groups excluding carboxylic acids is 1. The van der Waals surface area contributed by atoms with E-state index in [2.05, 4.69) is 22.2 Å². The van der Waals surface area contributed by atoms with Gasteiger partial charge in [0.15, 0.2) is 5.16 Å². The van der Waals surface area contributed by atoms with Crippen molar-refractivity contribution in [2.45, 2.75) is 62.0 Å². The van der Waals surface area contributed by atoms with Gasteiger partial charge in [-0.2, -0.15) is 0 Å². The highest BCUT2D eigenvalue weighted by Crippen LogP contribution is 2.29. The first kappa shape index (κ1) is 15.3. The van der Waals surface area contributed by atoms with Crippen molar-refractivity contribution in [1.82, 2.24) is 15.3 Å². The highest BCUT2D eigenvalue weighted by molar-refractivity contribution is 7.99. The smallest absolute Gasteiger partial charge is 0.237 e. The van der Waals surface area contributed by atoms with Crippen LogP contribution in [-0.2, 0) is 4.79 Å². The summed E-state index contributed by atoms with van der Waals surface area (Å²) in [5.41, 5.74) is 5.86. The molecule has 1 fully saturated rings. The molecular formula is C14H22N4OS. The first-order valence-corrected chi connectivity index (χ1v) is 7.81. The second kappa shape index (κ2) is 6.10. The summed E-state index contributed by atoms with van der Waals surface area (Å²) in [6.45, 7) is 5.91. The second-order valence-corrected chi connectivity index (χ2v) is 7.13. The van der Waals surface area contributed by atoms with E-state index in [-0.39, 0.29) is 11.2 Å². The largest absolute Gasteiger partial charge is 0.368 e. The third-order valence-corrected chi connectivity index (χ3v) is 4.40. The first-order chi connectivity index (χ1) is 9.39. The van der Waals surface area contributed by atoms with Gasteiger partial charge >= 0.3 is 0 Å².